The predicted molar refractivity (Wildman–Crippen MR) is 109 cm³/mol. The van der Waals surface area contributed by atoms with Crippen LogP contribution in [0, 0.1) is 6.92 Å². The summed E-state index contributed by atoms with van der Waals surface area (Å²) in [5.41, 5.74) is 2.24. The quantitative estimate of drug-likeness (QED) is 0.403. The van der Waals surface area contributed by atoms with Gasteiger partial charge in [0.25, 0.3) is 0 Å². The molecule has 27 heavy (non-hydrogen) atoms. The van der Waals surface area contributed by atoms with Crippen LogP contribution in [-0.4, -0.2) is 36.7 Å². The summed E-state index contributed by atoms with van der Waals surface area (Å²) in [4.78, 5) is 8.70. The van der Waals surface area contributed by atoms with Gasteiger partial charge in [-0.15, -0.1) is 0 Å². The molecule has 0 aliphatic rings. The number of aryl methyl sites for hydroxylation is 1. The van der Waals surface area contributed by atoms with Crippen molar-refractivity contribution in [2.75, 3.05) is 19.7 Å². The van der Waals surface area contributed by atoms with Crippen molar-refractivity contribution in [3.63, 3.8) is 0 Å². The highest BCUT2D eigenvalue weighted by Gasteiger charge is 2.07. The molecule has 2 aromatic rings. The summed E-state index contributed by atoms with van der Waals surface area (Å²) in [6.07, 6.45) is 3.56. The Kier molecular flexibility index (Phi) is 8.42. The largest absolute Gasteiger partial charge is 0.491 e. The van der Waals surface area contributed by atoms with E-state index in [0.29, 0.717) is 19.7 Å². The van der Waals surface area contributed by atoms with E-state index in [1.807, 2.05) is 32.9 Å². The van der Waals surface area contributed by atoms with Gasteiger partial charge in [0.1, 0.15) is 18.1 Å². The first-order valence-corrected chi connectivity index (χ1v) is 9.39. The molecule has 1 aromatic carbocycles. The number of aliphatic imine (C=N–C) groups is 1. The topological polar surface area (TPSA) is 67.8 Å². The summed E-state index contributed by atoms with van der Waals surface area (Å²) >= 11 is 0. The van der Waals surface area contributed by atoms with Gasteiger partial charge >= 0.3 is 0 Å². The molecule has 0 aliphatic heterocycles. The first-order valence-electron chi connectivity index (χ1n) is 9.39. The Balaban J connectivity index is 1.92. The minimum atomic E-state index is 0.130. The van der Waals surface area contributed by atoms with Gasteiger partial charge in [0.2, 0.25) is 0 Å². The van der Waals surface area contributed by atoms with Gasteiger partial charge in [-0.2, -0.15) is 0 Å². The molecule has 0 saturated heterocycles. The third-order valence-electron chi connectivity index (χ3n) is 3.63. The van der Waals surface area contributed by atoms with Crippen LogP contribution in [0.3, 0.4) is 0 Å². The van der Waals surface area contributed by atoms with Crippen LogP contribution in [-0.2, 0) is 6.54 Å². The van der Waals surface area contributed by atoms with Crippen LogP contribution in [0.15, 0.2) is 47.7 Å². The standard InChI is InChI=1S/C21H30N4O2/c1-5-23-21(24-11-12-26-19-7-6-10-22-15-19)25-14-18-9-8-17(4)13-20(18)27-16(2)3/h6-10,13,15-16H,5,11-12,14H2,1-4H3,(H2,23,24,25). The van der Waals surface area contributed by atoms with Gasteiger partial charge in [-0.05, 0) is 51.5 Å². The number of benzene rings is 1. The van der Waals surface area contributed by atoms with Gasteiger partial charge in [0, 0.05) is 18.3 Å². The molecule has 0 amide bonds. The minimum absolute atomic E-state index is 0.130. The number of guanidine groups is 1. The summed E-state index contributed by atoms with van der Waals surface area (Å²) in [6.45, 7) is 10.7. The fraction of sp³-hybridized carbons (Fsp3) is 0.429. The fourth-order valence-corrected chi connectivity index (χ4v) is 2.43. The molecular formula is C21H30N4O2. The van der Waals surface area contributed by atoms with Gasteiger partial charge < -0.3 is 20.1 Å². The Morgan fingerprint density at radius 1 is 1.22 bits per heavy atom. The molecular weight excluding hydrogens is 340 g/mol. The van der Waals surface area contributed by atoms with Crippen molar-refractivity contribution in [1.82, 2.24) is 15.6 Å². The number of hydrogen-bond donors (Lipinski definition) is 2. The molecule has 0 saturated carbocycles. The third kappa shape index (κ3) is 7.56. The molecule has 6 heteroatoms. The van der Waals surface area contributed by atoms with Crippen molar-refractivity contribution in [1.29, 1.82) is 0 Å². The number of rotatable bonds is 9. The van der Waals surface area contributed by atoms with E-state index in [4.69, 9.17) is 9.47 Å². The summed E-state index contributed by atoms with van der Waals surface area (Å²) in [5, 5.41) is 6.54. The second-order valence-electron chi connectivity index (χ2n) is 6.44. The Labute approximate surface area is 162 Å². The molecule has 0 spiro atoms. The highest BCUT2D eigenvalue weighted by molar-refractivity contribution is 5.79. The lowest BCUT2D eigenvalue weighted by molar-refractivity contribution is 0.240. The molecule has 6 nitrogen and oxygen atoms in total. The molecule has 2 N–H and O–H groups in total. The highest BCUT2D eigenvalue weighted by atomic mass is 16.5. The zero-order valence-electron chi connectivity index (χ0n) is 16.7. The first kappa shape index (κ1) is 20.6. The zero-order valence-corrected chi connectivity index (χ0v) is 16.7. The summed E-state index contributed by atoms with van der Waals surface area (Å²) < 4.78 is 11.6. The van der Waals surface area contributed by atoms with E-state index < -0.39 is 0 Å². The van der Waals surface area contributed by atoms with Gasteiger partial charge in [0.15, 0.2) is 5.96 Å². The number of hydrogen-bond acceptors (Lipinski definition) is 4. The summed E-state index contributed by atoms with van der Waals surface area (Å²) in [5.74, 6) is 2.41. The van der Waals surface area contributed by atoms with Crippen molar-refractivity contribution in [2.45, 2.75) is 40.3 Å². The van der Waals surface area contributed by atoms with Gasteiger partial charge in [0.05, 0.1) is 25.4 Å². The van der Waals surface area contributed by atoms with Crippen molar-refractivity contribution in [2.24, 2.45) is 4.99 Å². The van der Waals surface area contributed by atoms with Crippen LogP contribution in [0.2, 0.25) is 0 Å². The lowest BCUT2D eigenvalue weighted by atomic mass is 10.1. The molecule has 0 aliphatic carbocycles. The Morgan fingerprint density at radius 2 is 2.07 bits per heavy atom. The van der Waals surface area contributed by atoms with Gasteiger partial charge in [-0.3, -0.25) is 4.98 Å². The Hall–Kier alpha value is -2.76. The van der Waals surface area contributed by atoms with Crippen LogP contribution in [0.1, 0.15) is 31.9 Å². The second-order valence-corrected chi connectivity index (χ2v) is 6.44. The smallest absolute Gasteiger partial charge is 0.191 e. The van der Waals surface area contributed by atoms with Crippen molar-refractivity contribution in [3.05, 3.63) is 53.9 Å². The van der Waals surface area contributed by atoms with E-state index in [1.165, 1.54) is 5.56 Å². The maximum atomic E-state index is 5.93. The Bertz CT molecular complexity index is 717. The van der Waals surface area contributed by atoms with Gasteiger partial charge in [-0.25, -0.2) is 4.99 Å². The van der Waals surface area contributed by atoms with E-state index in [-0.39, 0.29) is 6.10 Å². The fourth-order valence-electron chi connectivity index (χ4n) is 2.43. The maximum absolute atomic E-state index is 5.93. The highest BCUT2D eigenvalue weighted by Crippen LogP contribution is 2.22. The lowest BCUT2D eigenvalue weighted by Crippen LogP contribution is -2.39. The molecule has 1 heterocycles. The lowest BCUT2D eigenvalue weighted by Gasteiger charge is -2.15. The number of nitrogens with one attached hydrogen (secondary N) is 2. The number of nitrogens with zero attached hydrogens (tertiary/aromatic N) is 2. The van der Waals surface area contributed by atoms with Crippen molar-refractivity contribution < 1.29 is 9.47 Å². The number of ether oxygens (including phenoxy) is 2. The summed E-state index contributed by atoms with van der Waals surface area (Å²) in [6, 6.07) is 9.96. The molecule has 0 unspecified atom stereocenters. The van der Waals surface area contributed by atoms with E-state index in [1.54, 1.807) is 12.4 Å². The second kappa shape index (κ2) is 11.1. The molecule has 0 fully saturated rings. The van der Waals surface area contributed by atoms with E-state index >= 15 is 0 Å². The van der Waals surface area contributed by atoms with Crippen LogP contribution in [0.25, 0.3) is 0 Å². The zero-order chi connectivity index (χ0) is 19.5. The van der Waals surface area contributed by atoms with Gasteiger partial charge in [-0.1, -0.05) is 12.1 Å². The van der Waals surface area contributed by atoms with Crippen LogP contribution in [0.5, 0.6) is 11.5 Å². The maximum Gasteiger partial charge on any atom is 0.191 e. The SMILES string of the molecule is CCNC(=NCc1ccc(C)cc1OC(C)C)NCCOc1cccnc1. The predicted octanol–water partition coefficient (Wildman–Crippen LogP) is 3.31. The van der Waals surface area contributed by atoms with Crippen LogP contribution in [0.4, 0.5) is 0 Å². The number of aromatic nitrogens is 1. The molecule has 146 valence electrons. The van der Waals surface area contributed by atoms with Crippen LogP contribution < -0.4 is 20.1 Å². The average Bonchev–Trinajstić information content (AvgIpc) is 2.64. The normalized spacial score (nSPS) is 11.4. The Morgan fingerprint density at radius 3 is 2.78 bits per heavy atom. The molecule has 1 aromatic heterocycles. The first-order chi connectivity index (χ1) is 13.1. The minimum Gasteiger partial charge on any atom is -0.491 e. The molecule has 2 rings (SSSR count). The third-order valence-corrected chi connectivity index (χ3v) is 3.63. The van der Waals surface area contributed by atoms with Crippen LogP contribution >= 0.6 is 0 Å². The van der Waals surface area contributed by atoms with E-state index in [9.17, 15) is 0 Å². The van der Waals surface area contributed by atoms with Crippen molar-refractivity contribution >= 4 is 5.96 Å². The van der Waals surface area contributed by atoms with E-state index in [0.717, 1.165) is 29.6 Å². The molecule has 0 bridgehead atoms. The summed E-state index contributed by atoms with van der Waals surface area (Å²) in [7, 11) is 0. The monoisotopic (exact) mass is 370 g/mol. The molecule has 0 atom stereocenters. The van der Waals surface area contributed by atoms with Crippen molar-refractivity contribution in [3.8, 4) is 11.5 Å². The average molecular weight is 370 g/mol. The number of pyridine rings is 1. The van der Waals surface area contributed by atoms with E-state index in [2.05, 4.69) is 45.7 Å². The molecule has 0 radical (unpaired) electrons.